The van der Waals surface area contributed by atoms with Crippen LogP contribution in [0.15, 0.2) is 27.4 Å². The van der Waals surface area contributed by atoms with Gasteiger partial charge in [0.1, 0.15) is 6.04 Å². The van der Waals surface area contributed by atoms with Crippen molar-refractivity contribution >= 4 is 28.8 Å². The predicted molar refractivity (Wildman–Crippen MR) is 102 cm³/mol. The molecule has 1 aromatic heterocycles. The number of amides is 3. The summed E-state index contributed by atoms with van der Waals surface area (Å²) in [6, 6.07) is 4.73. The van der Waals surface area contributed by atoms with Gasteiger partial charge in [-0.3, -0.25) is 19.0 Å². The Kier molecular flexibility index (Phi) is 5.53. The second kappa shape index (κ2) is 7.87. The van der Waals surface area contributed by atoms with E-state index in [1.54, 1.807) is 11.0 Å². The molecule has 3 amide bonds. The van der Waals surface area contributed by atoms with Crippen molar-refractivity contribution in [2.45, 2.75) is 32.9 Å². The molecule has 1 aromatic carbocycles. The first-order valence-electron chi connectivity index (χ1n) is 9.18. The number of fused-ring (bicyclic) bond motifs is 1. The minimum Gasteiger partial charge on any atom is -0.408 e. The van der Waals surface area contributed by atoms with Crippen molar-refractivity contribution in [2.24, 2.45) is 0 Å². The molecule has 0 saturated carbocycles. The first kappa shape index (κ1) is 19.7. The molecule has 9 nitrogen and oxygen atoms in total. The fourth-order valence-electron chi connectivity index (χ4n) is 3.53. The number of oxazole rings is 1. The monoisotopic (exact) mass is 388 g/mol. The van der Waals surface area contributed by atoms with Crippen molar-refractivity contribution in [1.82, 2.24) is 19.7 Å². The summed E-state index contributed by atoms with van der Waals surface area (Å²) in [5.74, 6) is -1.18. The van der Waals surface area contributed by atoms with Crippen molar-refractivity contribution in [3.63, 3.8) is 0 Å². The van der Waals surface area contributed by atoms with Gasteiger partial charge in [-0.2, -0.15) is 0 Å². The first-order chi connectivity index (χ1) is 13.3. The van der Waals surface area contributed by atoms with Gasteiger partial charge in [-0.15, -0.1) is 0 Å². The summed E-state index contributed by atoms with van der Waals surface area (Å²) in [7, 11) is 1.50. The SMILES string of the molecule is CNC(=O)[C@H]1CN(C(=O)CCn2c(=O)oc3ccc(C)cc32)CCN1C(C)=O. The van der Waals surface area contributed by atoms with Crippen LogP contribution < -0.4 is 11.1 Å². The first-order valence-corrected chi connectivity index (χ1v) is 9.18. The minimum absolute atomic E-state index is 0.100. The number of likely N-dealkylation sites (N-methyl/N-ethyl adjacent to an activating group) is 1. The molecule has 2 heterocycles. The van der Waals surface area contributed by atoms with Crippen LogP contribution in [0.25, 0.3) is 11.1 Å². The molecular weight excluding hydrogens is 364 g/mol. The summed E-state index contributed by atoms with van der Waals surface area (Å²) < 4.78 is 6.67. The van der Waals surface area contributed by atoms with Crippen molar-refractivity contribution in [2.75, 3.05) is 26.7 Å². The zero-order valence-electron chi connectivity index (χ0n) is 16.2. The lowest BCUT2D eigenvalue weighted by Crippen LogP contribution is -2.60. The molecule has 3 rings (SSSR count). The van der Waals surface area contributed by atoms with Gasteiger partial charge < -0.3 is 19.5 Å². The van der Waals surface area contributed by atoms with E-state index >= 15 is 0 Å². The number of hydrogen-bond donors (Lipinski definition) is 1. The normalized spacial score (nSPS) is 17.0. The van der Waals surface area contributed by atoms with Crippen LogP contribution in [0, 0.1) is 6.92 Å². The van der Waals surface area contributed by atoms with Gasteiger partial charge in [0.25, 0.3) is 0 Å². The van der Waals surface area contributed by atoms with Crippen molar-refractivity contribution in [3.8, 4) is 0 Å². The number of rotatable bonds is 4. The highest BCUT2D eigenvalue weighted by atomic mass is 16.4. The van der Waals surface area contributed by atoms with E-state index in [0.29, 0.717) is 24.2 Å². The van der Waals surface area contributed by atoms with E-state index < -0.39 is 11.8 Å². The molecule has 0 bridgehead atoms. The molecule has 2 aromatic rings. The lowest BCUT2D eigenvalue weighted by molar-refractivity contribution is -0.147. The zero-order valence-corrected chi connectivity index (χ0v) is 16.2. The molecule has 0 spiro atoms. The number of aryl methyl sites for hydroxylation is 2. The third kappa shape index (κ3) is 3.78. The van der Waals surface area contributed by atoms with Gasteiger partial charge in [0.2, 0.25) is 17.7 Å². The van der Waals surface area contributed by atoms with E-state index in [1.165, 1.54) is 23.4 Å². The lowest BCUT2D eigenvalue weighted by atomic mass is 10.1. The summed E-state index contributed by atoms with van der Waals surface area (Å²) >= 11 is 0. The molecule has 0 radical (unpaired) electrons. The topological polar surface area (TPSA) is 105 Å². The molecule has 1 atom stereocenters. The quantitative estimate of drug-likeness (QED) is 0.800. The Morgan fingerprint density at radius 2 is 2.00 bits per heavy atom. The maximum atomic E-state index is 12.7. The van der Waals surface area contributed by atoms with Crippen molar-refractivity contribution in [1.29, 1.82) is 0 Å². The number of carbonyl (C=O) groups is 3. The van der Waals surface area contributed by atoms with E-state index in [4.69, 9.17) is 4.42 Å². The van der Waals surface area contributed by atoms with Gasteiger partial charge in [-0.1, -0.05) is 6.07 Å². The van der Waals surface area contributed by atoms with E-state index in [0.717, 1.165) is 5.56 Å². The van der Waals surface area contributed by atoms with Crippen LogP contribution in [0.3, 0.4) is 0 Å². The molecule has 0 aliphatic carbocycles. The van der Waals surface area contributed by atoms with Crippen LogP contribution in [0.4, 0.5) is 0 Å². The molecule has 1 saturated heterocycles. The van der Waals surface area contributed by atoms with Crippen LogP contribution in [0.5, 0.6) is 0 Å². The third-order valence-corrected chi connectivity index (χ3v) is 5.06. The van der Waals surface area contributed by atoms with Gasteiger partial charge in [0.05, 0.1) is 12.1 Å². The molecule has 150 valence electrons. The Balaban J connectivity index is 1.71. The predicted octanol–water partition coefficient (Wildman–Crippen LogP) is 0.0983. The lowest BCUT2D eigenvalue weighted by Gasteiger charge is -2.40. The largest absolute Gasteiger partial charge is 0.419 e. The number of hydrogen-bond acceptors (Lipinski definition) is 5. The third-order valence-electron chi connectivity index (χ3n) is 5.06. The summed E-state index contributed by atoms with van der Waals surface area (Å²) in [6.07, 6.45) is 0.100. The second-order valence-corrected chi connectivity index (χ2v) is 6.92. The van der Waals surface area contributed by atoms with Crippen LogP contribution in [-0.4, -0.2) is 64.8 Å². The maximum Gasteiger partial charge on any atom is 0.419 e. The summed E-state index contributed by atoms with van der Waals surface area (Å²) in [4.78, 5) is 51.7. The summed E-state index contributed by atoms with van der Waals surface area (Å²) in [5, 5.41) is 2.54. The van der Waals surface area contributed by atoms with E-state index in [-0.39, 0.29) is 37.2 Å². The highest BCUT2D eigenvalue weighted by molar-refractivity contribution is 5.88. The van der Waals surface area contributed by atoms with E-state index in [9.17, 15) is 19.2 Å². The van der Waals surface area contributed by atoms with Gasteiger partial charge in [-0.05, 0) is 24.6 Å². The molecule has 1 fully saturated rings. The number of aromatic nitrogens is 1. The molecule has 1 aliphatic heterocycles. The molecule has 1 N–H and O–H groups in total. The Morgan fingerprint density at radius 3 is 2.68 bits per heavy atom. The molecule has 9 heteroatoms. The summed E-state index contributed by atoms with van der Waals surface area (Å²) in [5.41, 5.74) is 2.13. The molecule has 1 aliphatic rings. The number of piperazine rings is 1. The maximum absolute atomic E-state index is 12.7. The highest BCUT2D eigenvalue weighted by Crippen LogP contribution is 2.16. The Morgan fingerprint density at radius 1 is 1.25 bits per heavy atom. The second-order valence-electron chi connectivity index (χ2n) is 6.92. The summed E-state index contributed by atoms with van der Waals surface area (Å²) in [6.45, 7) is 4.30. The average molecular weight is 388 g/mol. The van der Waals surface area contributed by atoms with Gasteiger partial charge in [0.15, 0.2) is 5.58 Å². The Labute approximate surface area is 161 Å². The average Bonchev–Trinajstić information content (AvgIpc) is 2.99. The van der Waals surface area contributed by atoms with Crippen LogP contribution in [-0.2, 0) is 20.9 Å². The molecule has 0 unspecified atom stereocenters. The number of carbonyl (C=O) groups excluding carboxylic acids is 3. The van der Waals surface area contributed by atoms with Crippen molar-refractivity contribution < 1.29 is 18.8 Å². The van der Waals surface area contributed by atoms with E-state index in [2.05, 4.69) is 5.32 Å². The van der Waals surface area contributed by atoms with Crippen molar-refractivity contribution in [3.05, 3.63) is 34.3 Å². The van der Waals surface area contributed by atoms with Crippen LogP contribution >= 0.6 is 0 Å². The van der Waals surface area contributed by atoms with Crippen LogP contribution in [0.1, 0.15) is 18.9 Å². The minimum atomic E-state index is -0.708. The Bertz CT molecular complexity index is 976. The van der Waals surface area contributed by atoms with Gasteiger partial charge >= 0.3 is 5.76 Å². The zero-order chi connectivity index (χ0) is 20.4. The fourth-order valence-corrected chi connectivity index (χ4v) is 3.53. The highest BCUT2D eigenvalue weighted by Gasteiger charge is 2.35. The molecule has 28 heavy (non-hydrogen) atoms. The number of nitrogens with zero attached hydrogens (tertiary/aromatic N) is 3. The number of nitrogens with one attached hydrogen (secondary N) is 1. The standard InChI is InChI=1S/C19H24N4O5/c1-12-4-5-16-14(10-12)23(19(27)28-16)7-6-17(25)21-8-9-22(13(2)24)15(11-21)18(26)20-3/h4-5,10,15H,6-9,11H2,1-3H3,(H,20,26)/t15-/m1/s1. The van der Waals surface area contributed by atoms with Gasteiger partial charge in [-0.25, -0.2) is 4.79 Å². The van der Waals surface area contributed by atoms with Gasteiger partial charge in [0, 0.05) is 40.0 Å². The fraction of sp³-hybridized carbons (Fsp3) is 0.474. The smallest absolute Gasteiger partial charge is 0.408 e. The number of benzene rings is 1. The van der Waals surface area contributed by atoms with E-state index in [1.807, 2.05) is 19.1 Å². The molecular formula is C19H24N4O5. The van der Waals surface area contributed by atoms with Crippen LogP contribution in [0.2, 0.25) is 0 Å². The Hall–Kier alpha value is -3.10.